The molecule has 3 aliphatic rings. The summed E-state index contributed by atoms with van der Waals surface area (Å²) >= 11 is 0. The highest BCUT2D eigenvalue weighted by molar-refractivity contribution is 7.92. The average Bonchev–Trinajstić information content (AvgIpc) is 3.52. The zero-order valence-corrected chi connectivity index (χ0v) is 20.1. The van der Waals surface area contributed by atoms with Crippen LogP contribution < -0.4 is 9.03 Å². The lowest BCUT2D eigenvalue weighted by atomic mass is 10.1. The molecule has 0 saturated heterocycles. The first-order valence-electron chi connectivity index (χ1n) is 11.3. The summed E-state index contributed by atoms with van der Waals surface area (Å²) in [6.45, 7) is -0.0718. The fourth-order valence-corrected chi connectivity index (χ4v) is 7.73. The number of carbonyl (C=O) groups is 2. The van der Waals surface area contributed by atoms with Gasteiger partial charge in [-0.25, -0.2) is 21.6 Å². The SMILES string of the molecule is O=C1c2ccccc2C(=O)N1CCS(=O)(=O)N1CCc2cc(S(=O)(=O)NC3CCCC3)ccc21. The first-order chi connectivity index (χ1) is 16.2. The highest BCUT2D eigenvalue weighted by atomic mass is 32.2. The van der Waals surface area contributed by atoms with Gasteiger partial charge in [0.2, 0.25) is 20.0 Å². The predicted molar refractivity (Wildman–Crippen MR) is 126 cm³/mol. The van der Waals surface area contributed by atoms with E-state index >= 15 is 0 Å². The van der Waals surface area contributed by atoms with E-state index in [2.05, 4.69) is 4.72 Å². The minimum atomic E-state index is -3.84. The van der Waals surface area contributed by atoms with E-state index in [1.807, 2.05) is 0 Å². The summed E-state index contributed by atoms with van der Waals surface area (Å²) in [5, 5.41) is 0. The van der Waals surface area contributed by atoms with Crippen molar-refractivity contribution in [3.8, 4) is 0 Å². The van der Waals surface area contributed by atoms with Crippen LogP contribution >= 0.6 is 0 Å². The Labute approximate surface area is 198 Å². The number of fused-ring (bicyclic) bond motifs is 2. The number of imide groups is 1. The number of anilines is 1. The summed E-state index contributed by atoms with van der Waals surface area (Å²) in [4.78, 5) is 26.2. The molecule has 0 bridgehead atoms. The molecule has 5 rings (SSSR count). The van der Waals surface area contributed by atoms with Crippen LogP contribution in [0.4, 0.5) is 5.69 Å². The molecule has 0 spiro atoms. The van der Waals surface area contributed by atoms with Crippen LogP contribution in [0.5, 0.6) is 0 Å². The monoisotopic (exact) mass is 503 g/mol. The Balaban J connectivity index is 1.30. The molecule has 9 nitrogen and oxygen atoms in total. The van der Waals surface area contributed by atoms with E-state index < -0.39 is 37.6 Å². The maximum absolute atomic E-state index is 13.1. The number of hydrogen-bond donors (Lipinski definition) is 1. The van der Waals surface area contributed by atoms with Gasteiger partial charge in [0.1, 0.15) is 0 Å². The molecule has 1 aliphatic carbocycles. The summed E-state index contributed by atoms with van der Waals surface area (Å²) in [7, 11) is -7.52. The molecule has 0 atom stereocenters. The van der Waals surface area contributed by atoms with E-state index in [0.717, 1.165) is 30.6 Å². The van der Waals surface area contributed by atoms with Crippen LogP contribution in [0, 0.1) is 0 Å². The Morgan fingerprint density at radius 1 is 0.912 bits per heavy atom. The van der Waals surface area contributed by atoms with E-state index in [9.17, 15) is 26.4 Å². The van der Waals surface area contributed by atoms with Crippen molar-refractivity contribution in [3.63, 3.8) is 0 Å². The second-order valence-electron chi connectivity index (χ2n) is 8.84. The smallest absolute Gasteiger partial charge is 0.261 e. The van der Waals surface area contributed by atoms with E-state index in [1.54, 1.807) is 24.3 Å². The van der Waals surface area contributed by atoms with Crippen LogP contribution in [0.3, 0.4) is 0 Å². The first-order valence-corrected chi connectivity index (χ1v) is 14.4. The molecule has 2 aromatic rings. The summed E-state index contributed by atoms with van der Waals surface area (Å²) < 4.78 is 55.7. The number of nitrogens with zero attached hydrogens (tertiary/aromatic N) is 2. The van der Waals surface area contributed by atoms with Gasteiger partial charge >= 0.3 is 0 Å². The van der Waals surface area contributed by atoms with Crippen molar-refractivity contribution < 1.29 is 26.4 Å². The molecule has 1 N–H and O–H groups in total. The Morgan fingerprint density at radius 2 is 1.56 bits per heavy atom. The molecule has 0 radical (unpaired) electrons. The number of sulfonamides is 2. The predicted octanol–water partition coefficient (Wildman–Crippen LogP) is 1.90. The number of benzene rings is 2. The van der Waals surface area contributed by atoms with Gasteiger partial charge in [0.05, 0.1) is 27.5 Å². The maximum Gasteiger partial charge on any atom is 0.261 e. The van der Waals surface area contributed by atoms with Crippen LogP contribution in [-0.2, 0) is 26.5 Å². The molecule has 1 saturated carbocycles. The van der Waals surface area contributed by atoms with Crippen LogP contribution in [0.25, 0.3) is 0 Å². The van der Waals surface area contributed by atoms with Crippen molar-refractivity contribution in [1.82, 2.24) is 9.62 Å². The Bertz CT molecular complexity index is 1350. The van der Waals surface area contributed by atoms with E-state index in [-0.39, 0.29) is 35.2 Å². The molecular weight excluding hydrogens is 478 g/mol. The van der Waals surface area contributed by atoms with Crippen LogP contribution in [-0.4, -0.2) is 58.4 Å². The van der Waals surface area contributed by atoms with Gasteiger partial charge < -0.3 is 0 Å². The number of carbonyl (C=O) groups excluding carboxylic acids is 2. The fraction of sp³-hybridized carbons (Fsp3) is 0.391. The fourth-order valence-electron chi connectivity index (χ4n) is 4.89. The Morgan fingerprint density at radius 3 is 2.21 bits per heavy atom. The van der Waals surface area contributed by atoms with Crippen LogP contribution in [0.1, 0.15) is 52.0 Å². The lowest BCUT2D eigenvalue weighted by Crippen LogP contribution is -2.39. The molecule has 0 unspecified atom stereocenters. The van der Waals surface area contributed by atoms with Gasteiger partial charge in [-0.05, 0) is 55.2 Å². The molecule has 0 aromatic heterocycles. The van der Waals surface area contributed by atoms with Gasteiger partial charge in [-0.2, -0.15) is 0 Å². The van der Waals surface area contributed by atoms with Crippen molar-refractivity contribution in [2.75, 3.05) is 23.1 Å². The normalized spacial score (nSPS) is 18.6. The quantitative estimate of drug-likeness (QED) is 0.576. The number of rotatable bonds is 7. The minimum Gasteiger partial charge on any atom is -0.273 e. The molecule has 11 heteroatoms. The third kappa shape index (κ3) is 4.01. The third-order valence-corrected chi connectivity index (χ3v) is 9.95. The van der Waals surface area contributed by atoms with Crippen molar-refractivity contribution in [3.05, 3.63) is 59.2 Å². The van der Waals surface area contributed by atoms with Crippen molar-refractivity contribution in [2.24, 2.45) is 0 Å². The zero-order chi connectivity index (χ0) is 24.1. The number of nitrogens with one attached hydrogen (secondary N) is 1. The molecule has 34 heavy (non-hydrogen) atoms. The van der Waals surface area contributed by atoms with Gasteiger partial charge in [0, 0.05) is 19.1 Å². The van der Waals surface area contributed by atoms with Crippen molar-refractivity contribution >= 4 is 37.5 Å². The standard InChI is InChI=1S/C23H25N3O6S2/c27-22-19-7-3-4-8-20(19)23(28)25(22)13-14-33(29,30)26-12-11-16-15-18(9-10-21(16)26)34(31,32)24-17-5-1-2-6-17/h3-4,7-10,15,17,24H,1-2,5-6,11-14H2. The largest absolute Gasteiger partial charge is 0.273 e. The van der Waals surface area contributed by atoms with Crippen molar-refractivity contribution in [1.29, 1.82) is 0 Å². The molecule has 2 heterocycles. The first kappa shape index (κ1) is 23.0. The van der Waals surface area contributed by atoms with Gasteiger partial charge in [-0.15, -0.1) is 0 Å². The van der Waals surface area contributed by atoms with Gasteiger partial charge in [0.15, 0.2) is 0 Å². The Hall–Kier alpha value is -2.76. The third-order valence-electron chi connectivity index (χ3n) is 6.68. The highest BCUT2D eigenvalue weighted by Gasteiger charge is 2.37. The zero-order valence-electron chi connectivity index (χ0n) is 18.4. The topological polar surface area (TPSA) is 121 Å². The second kappa shape index (κ2) is 8.47. The van der Waals surface area contributed by atoms with Crippen LogP contribution in [0.2, 0.25) is 0 Å². The van der Waals surface area contributed by atoms with Gasteiger partial charge in [-0.1, -0.05) is 25.0 Å². The Kier molecular flexibility index (Phi) is 5.73. The molecule has 1 fully saturated rings. The summed E-state index contributed by atoms with van der Waals surface area (Å²) in [5.41, 5.74) is 1.62. The molecule has 2 aromatic carbocycles. The van der Waals surface area contributed by atoms with Gasteiger partial charge in [0.25, 0.3) is 11.8 Å². The summed E-state index contributed by atoms with van der Waals surface area (Å²) in [6.07, 6.45) is 4.04. The lowest BCUT2D eigenvalue weighted by molar-refractivity contribution is 0.0664. The van der Waals surface area contributed by atoms with E-state index in [0.29, 0.717) is 17.7 Å². The van der Waals surface area contributed by atoms with Crippen molar-refractivity contribution in [2.45, 2.75) is 43.0 Å². The van der Waals surface area contributed by atoms with E-state index in [4.69, 9.17) is 0 Å². The molecule has 2 amide bonds. The lowest BCUT2D eigenvalue weighted by Gasteiger charge is -2.21. The maximum atomic E-state index is 13.1. The van der Waals surface area contributed by atoms with E-state index in [1.165, 1.54) is 22.5 Å². The summed E-state index contributed by atoms with van der Waals surface area (Å²) in [5.74, 6) is -1.41. The average molecular weight is 504 g/mol. The summed E-state index contributed by atoms with van der Waals surface area (Å²) in [6, 6.07) is 10.8. The van der Waals surface area contributed by atoms with Crippen LogP contribution in [0.15, 0.2) is 47.4 Å². The number of hydrogen-bond acceptors (Lipinski definition) is 6. The second-order valence-corrected chi connectivity index (χ2v) is 12.6. The minimum absolute atomic E-state index is 0.0581. The molecular formula is C23H25N3O6S2. The molecule has 2 aliphatic heterocycles. The highest BCUT2D eigenvalue weighted by Crippen LogP contribution is 2.33. The van der Waals surface area contributed by atoms with Gasteiger partial charge in [-0.3, -0.25) is 18.8 Å². The number of amides is 2. The molecule has 180 valence electrons.